The predicted molar refractivity (Wildman–Crippen MR) is 330 cm³/mol. The van der Waals surface area contributed by atoms with Gasteiger partial charge in [0.05, 0.1) is 39.6 Å². The summed E-state index contributed by atoms with van der Waals surface area (Å²) in [6.45, 7) is 66.8. The summed E-state index contributed by atoms with van der Waals surface area (Å²) >= 11 is 2.16. The molecule has 12 rings (SSSR count). The molecule has 6 spiro atoms. The molecule has 1 N–H and O–H groups in total. The van der Waals surface area contributed by atoms with E-state index in [-0.39, 0.29) is 0 Å². The molecule has 10 nitrogen and oxygen atoms in total. The number of hydrogen-bond donors (Lipinski definition) is 1. The fourth-order valence-corrected chi connectivity index (χ4v) is 15.0. The van der Waals surface area contributed by atoms with Crippen molar-refractivity contribution in [3.8, 4) is 0 Å². The number of thioether (sulfide) groups is 1. The number of nitrogens with one attached hydrogen (secondary N) is 1. The van der Waals surface area contributed by atoms with Crippen LogP contribution < -0.4 is 5.32 Å². The molecular formula is C66H128N6O4S. The Hall–Kier alpha value is -0.0500. The van der Waals surface area contributed by atoms with Gasteiger partial charge < -0.3 is 24.3 Å². The molecule has 0 aromatic heterocycles. The molecule has 1 aliphatic carbocycles. The second kappa shape index (κ2) is 26.1. The largest absolute Gasteiger partial charge is 0.381 e. The number of hydrogen-bond acceptors (Lipinski definition) is 11. The van der Waals surface area contributed by atoms with Gasteiger partial charge in [0, 0.05) is 95.6 Å². The molecule has 12 fully saturated rings. The van der Waals surface area contributed by atoms with Gasteiger partial charge in [-0.15, -0.1) is 0 Å². The Kier molecular flexibility index (Phi) is 22.4. The summed E-state index contributed by atoms with van der Waals surface area (Å²) in [7, 11) is 0. The highest BCUT2D eigenvalue weighted by molar-refractivity contribution is 7.99. The molecule has 11 heteroatoms. The zero-order chi connectivity index (χ0) is 56.9. The molecule has 0 amide bonds. The Morgan fingerprint density at radius 2 is 0.727 bits per heavy atom. The molecular weight excluding hydrogens is 973 g/mol. The van der Waals surface area contributed by atoms with Crippen LogP contribution in [0.3, 0.4) is 0 Å². The third-order valence-corrected chi connectivity index (χ3v) is 21.3. The van der Waals surface area contributed by atoms with E-state index in [1.54, 1.807) is 0 Å². The molecule has 11 heterocycles. The van der Waals surface area contributed by atoms with E-state index in [1.165, 1.54) is 174 Å². The summed E-state index contributed by atoms with van der Waals surface area (Å²) in [6.07, 6.45) is 18.0. The van der Waals surface area contributed by atoms with Crippen LogP contribution in [-0.4, -0.2) is 195 Å². The summed E-state index contributed by atoms with van der Waals surface area (Å²) in [5.74, 6) is 2.82. The molecule has 452 valence electrons. The lowest BCUT2D eigenvalue weighted by Crippen LogP contribution is -2.69. The molecule has 0 bridgehead atoms. The Labute approximate surface area is 481 Å². The first-order chi connectivity index (χ1) is 35.5. The maximum atomic E-state index is 5.57. The lowest BCUT2D eigenvalue weighted by molar-refractivity contribution is -0.207. The average molecular weight is 1100 g/mol. The maximum absolute atomic E-state index is 5.57. The van der Waals surface area contributed by atoms with Gasteiger partial charge in [-0.2, -0.15) is 11.8 Å². The second-order valence-electron chi connectivity index (χ2n) is 34.2. The van der Waals surface area contributed by atoms with Crippen molar-refractivity contribution in [3.05, 3.63) is 0 Å². The highest BCUT2D eigenvalue weighted by Crippen LogP contribution is 2.50. The van der Waals surface area contributed by atoms with E-state index in [1.807, 2.05) is 0 Å². The van der Waals surface area contributed by atoms with E-state index in [9.17, 15) is 0 Å². The Morgan fingerprint density at radius 1 is 0.338 bits per heavy atom. The molecule has 2 unspecified atom stereocenters. The molecule has 77 heavy (non-hydrogen) atoms. The van der Waals surface area contributed by atoms with Crippen LogP contribution in [0.1, 0.15) is 215 Å². The summed E-state index contributed by atoms with van der Waals surface area (Å²) in [6, 6.07) is 0. The van der Waals surface area contributed by atoms with Gasteiger partial charge in [-0.25, -0.2) is 0 Å². The van der Waals surface area contributed by atoms with Crippen molar-refractivity contribution < 1.29 is 18.9 Å². The minimum atomic E-state index is 0.329. The molecule has 12 aliphatic rings. The number of nitrogens with zero attached hydrogens (tertiary/aromatic N) is 5. The van der Waals surface area contributed by atoms with Crippen molar-refractivity contribution in [2.75, 3.05) is 143 Å². The highest BCUT2D eigenvalue weighted by Gasteiger charge is 2.52. The smallest absolute Gasteiger partial charge is 0.0569 e. The van der Waals surface area contributed by atoms with Gasteiger partial charge in [-0.3, -0.25) is 24.5 Å². The molecule has 11 saturated heterocycles. The first kappa shape index (κ1) is 66.1. The lowest BCUT2D eigenvalue weighted by Gasteiger charge is -2.59. The molecule has 0 aromatic rings. The molecule has 0 radical (unpaired) electrons. The van der Waals surface area contributed by atoms with Crippen LogP contribution >= 0.6 is 11.8 Å². The van der Waals surface area contributed by atoms with Crippen LogP contribution in [0.5, 0.6) is 0 Å². The quantitative estimate of drug-likeness (QED) is 0.252. The zero-order valence-electron chi connectivity index (χ0n) is 54.5. The van der Waals surface area contributed by atoms with Crippen LogP contribution in [0.15, 0.2) is 0 Å². The predicted octanol–water partition coefficient (Wildman–Crippen LogP) is 13.0. The van der Waals surface area contributed by atoms with Crippen LogP contribution in [0, 0.1) is 37.9 Å². The van der Waals surface area contributed by atoms with Gasteiger partial charge in [-0.1, -0.05) is 27.7 Å². The summed E-state index contributed by atoms with van der Waals surface area (Å²) in [4.78, 5) is 13.0. The van der Waals surface area contributed by atoms with Crippen LogP contribution in [0.2, 0.25) is 0 Å². The third-order valence-electron chi connectivity index (χ3n) is 20.0. The fourth-order valence-electron chi connectivity index (χ4n) is 13.5. The Morgan fingerprint density at radius 3 is 1.06 bits per heavy atom. The topological polar surface area (TPSA) is 65.2 Å². The van der Waals surface area contributed by atoms with Crippen LogP contribution in [0.4, 0.5) is 0 Å². The van der Waals surface area contributed by atoms with E-state index < -0.39 is 0 Å². The molecule has 2 atom stereocenters. The monoisotopic (exact) mass is 1100 g/mol. The van der Waals surface area contributed by atoms with Gasteiger partial charge in [0.15, 0.2) is 0 Å². The summed E-state index contributed by atoms with van der Waals surface area (Å²) < 4.78 is 21.6. The summed E-state index contributed by atoms with van der Waals surface area (Å²) in [5, 5.41) is 3.38. The van der Waals surface area contributed by atoms with E-state index in [0.717, 1.165) is 58.3 Å². The molecule has 1 saturated carbocycles. The van der Waals surface area contributed by atoms with Gasteiger partial charge in [0.1, 0.15) is 0 Å². The number of ether oxygens (including phenoxy) is 4. The SMILES string of the molecule is C1CC2(CC2)CN1.CC(C)(C)C.CC(C)(C)N1CC2(COC2)C1.CC(C)(C)N1CCC2(CC1)COC2.CC(C)(C)N1CCC2(CCOC2)CC1.CC(C)(C)N1CCC2(CCSC2)C1.CC(C)(C)N1CCCC2(CCOC2)C1. The van der Waals surface area contributed by atoms with E-state index in [2.05, 4.69) is 173 Å². The maximum Gasteiger partial charge on any atom is 0.0569 e. The van der Waals surface area contributed by atoms with Crippen molar-refractivity contribution in [1.29, 1.82) is 0 Å². The van der Waals surface area contributed by atoms with Gasteiger partial charge in [-0.05, 0) is 261 Å². The van der Waals surface area contributed by atoms with Gasteiger partial charge in [0.2, 0.25) is 0 Å². The normalized spacial score (nSPS) is 30.7. The van der Waals surface area contributed by atoms with Crippen molar-refractivity contribution in [2.45, 2.75) is 243 Å². The molecule has 11 aliphatic heterocycles. The minimum Gasteiger partial charge on any atom is -0.381 e. The Bertz CT molecular complexity index is 1710. The van der Waals surface area contributed by atoms with Crippen LogP contribution in [-0.2, 0) is 18.9 Å². The summed E-state index contributed by atoms with van der Waals surface area (Å²) in [5.41, 5.74) is 6.04. The van der Waals surface area contributed by atoms with E-state index in [4.69, 9.17) is 18.9 Å². The average Bonchev–Trinajstić information content (AvgIpc) is 3.94. The van der Waals surface area contributed by atoms with E-state index in [0.29, 0.717) is 60.2 Å². The lowest BCUT2D eigenvalue weighted by atomic mass is 9.75. The van der Waals surface area contributed by atoms with E-state index >= 15 is 0 Å². The number of piperidine rings is 3. The first-order valence-corrected chi connectivity index (χ1v) is 33.0. The van der Waals surface area contributed by atoms with Crippen molar-refractivity contribution in [1.82, 2.24) is 29.8 Å². The highest BCUT2D eigenvalue weighted by atomic mass is 32.2. The van der Waals surface area contributed by atoms with Crippen LogP contribution in [0.25, 0.3) is 0 Å². The van der Waals surface area contributed by atoms with Crippen molar-refractivity contribution in [2.24, 2.45) is 37.9 Å². The molecule has 0 aromatic carbocycles. The van der Waals surface area contributed by atoms with Crippen molar-refractivity contribution in [3.63, 3.8) is 0 Å². The number of likely N-dealkylation sites (tertiary alicyclic amines) is 5. The van der Waals surface area contributed by atoms with Gasteiger partial charge in [0.25, 0.3) is 0 Å². The van der Waals surface area contributed by atoms with Crippen molar-refractivity contribution >= 4 is 11.8 Å². The zero-order valence-corrected chi connectivity index (χ0v) is 55.3. The van der Waals surface area contributed by atoms with Gasteiger partial charge >= 0.3 is 0 Å². The number of rotatable bonds is 0. The fraction of sp³-hybridized carbons (Fsp3) is 1.00. The minimum absolute atomic E-state index is 0.329. The standard InChI is InChI=1S/2C12H23NO.C11H21NO.C11H21NS.C9H17NO.C6H11N.C5H12/c1-11(2,3)13-7-4-12(5-8-13)6-9-14-10-12;1-11(2,3)13-7-4-5-12(9-13)6-8-14-10-12;1-10(2,3)12-6-4-11(5-7-12)8-13-9-11;1-10(2,3)12-6-4-11(8-12)5-7-13-9-11;1-8(2,3)10-4-9(5-10)6-11-7-9;1-2-6(1)3-4-7-5-6;1-5(2,3)4/h2*4-10H2,1-3H3;2*4-9H2,1-3H3;4-7H2,1-3H3;7H,1-5H2;1-4H3. The Balaban J connectivity index is 0.000000148. The second-order valence-corrected chi connectivity index (χ2v) is 35.3. The first-order valence-electron chi connectivity index (χ1n) is 31.9. The third kappa shape index (κ3) is 20.0.